The molecule has 2 aromatic rings. The standard InChI is InChI=1S/C16H19BrN2.CH3I/c1-19(2)12-10-15(16-5-3-4-11-18-16)13-6-8-14(17)9-7-13;1-2/h3-9,11,15H,10,12H2,1-2H3;1H3. The summed E-state index contributed by atoms with van der Waals surface area (Å²) in [6, 6.07) is 14.7. The monoisotopic (exact) mass is 460 g/mol. The van der Waals surface area contributed by atoms with Gasteiger partial charge in [-0.05, 0) is 61.8 Å². The number of hydrogen-bond donors (Lipinski definition) is 0. The Morgan fingerprint density at radius 3 is 2.29 bits per heavy atom. The van der Waals surface area contributed by atoms with Crippen molar-refractivity contribution in [3.05, 3.63) is 64.4 Å². The zero-order chi connectivity index (χ0) is 15.7. The van der Waals surface area contributed by atoms with E-state index in [4.69, 9.17) is 0 Å². The third-order valence-electron chi connectivity index (χ3n) is 3.18. The minimum atomic E-state index is 0.358. The molecule has 0 aliphatic heterocycles. The van der Waals surface area contributed by atoms with Gasteiger partial charge in [-0.15, -0.1) is 0 Å². The van der Waals surface area contributed by atoms with Crippen LogP contribution in [0.5, 0.6) is 0 Å². The molecule has 1 aromatic carbocycles. The van der Waals surface area contributed by atoms with Crippen LogP contribution in [0.2, 0.25) is 0 Å². The highest BCUT2D eigenvalue weighted by Gasteiger charge is 2.15. The summed E-state index contributed by atoms with van der Waals surface area (Å²) in [5, 5.41) is 0. The van der Waals surface area contributed by atoms with E-state index in [1.54, 1.807) is 0 Å². The number of aromatic nitrogens is 1. The highest BCUT2D eigenvalue weighted by molar-refractivity contribution is 14.1. The van der Waals surface area contributed by atoms with E-state index >= 15 is 0 Å². The Kier molecular flexibility index (Phi) is 9.11. The molecule has 2 nitrogen and oxygen atoms in total. The van der Waals surface area contributed by atoms with E-state index in [2.05, 4.69) is 98.9 Å². The largest absolute Gasteiger partial charge is 0.309 e. The van der Waals surface area contributed by atoms with Crippen molar-refractivity contribution in [1.29, 1.82) is 0 Å². The molecule has 1 atom stereocenters. The first-order valence-electron chi connectivity index (χ1n) is 6.86. The number of halogens is 2. The molecule has 0 bridgehead atoms. The van der Waals surface area contributed by atoms with E-state index in [9.17, 15) is 0 Å². The highest BCUT2D eigenvalue weighted by Crippen LogP contribution is 2.27. The summed E-state index contributed by atoms with van der Waals surface area (Å²) < 4.78 is 1.11. The maximum atomic E-state index is 4.53. The molecule has 0 amide bonds. The second-order valence-electron chi connectivity index (χ2n) is 4.95. The van der Waals surface area contributed by atoms with Crippen LogP contribution in [0.3, 0.4) is 0 Å². The minimum absolute atomic E-state index is 0.358. The second kappa shape index (κ2) is 10.3. The van der Waals surface area contributed by atoms with Crippen molar-refractivity contribution < 1.29 is 0 Å². The fourth-order valence-corrected chi connectivity index (χ4v) is 2.41. The van der Waals surface area contributed by atoms with Gasteiger partial charge in [0.1, 0.15) is 0 Å². The number of rotatable bonds is 5. The SMILES string of the molecule is CI.CN(C)CCC(c1ccc(Br)cc1)c1ccccn1. The quantitative estimate of drug-likeness (QED) is 0.462. The van der Waals surface area contributed by atoms with Gasteiger partial charge in [0.2, 0.25) is 0 Å². The molecule has 0 aliphatic rings. The molecule has 0 saturated heterocycles. The summed E-state index contributed by atoms with van der Waals surface area (Å²) in [6.45, 7) is 1.05. The molecule has 0 spiro atoms. The Bertz CT molecular complexity index is 500. The Morgan fingerprint density at radius 2 is 1.76 bits per heavy atom. The van der Waals surface area contributed by atoms with Gasteiger partial charge in [0.15, 0.2) is 0 Å². The smallest absolute Gasteiger partial charge is 0.0478 e. The van der Waals surface area contributed by atoms with Crippen LogP contribution >= 0.6 is 38.5 Å². The van der Waals surface area contributed by atoms with Crippen molar-refractivity contribution >= 4 is 38.5 Å². The summed E-state index contributed by atoms with van der Waals surface area (Å²) >= 11 is 5.64. The van der Waals surface area contributed by atoms with Gasteiger partial charge in [-0.1, -0.05) is 56.7 Å². The Balaban J connectivity index is 0.00000106. The minimum Gasteiger partial charge on any atom is -0.309 e. The van der Waals surface area contributed by atoms with Crippen LogP contribution in [-0.2, 0) is 0 Å². The molecule has 1 heterocycles. The summed E-state index contributed by atoms with van der Waals surface area (Å²) in [5.41, 5.74) is 2.47. The predicted octanol–water partition coefficient (Wildman–Crippen LogP) is 4.98. The van der Waals surface area contributed by atoms with Gasteiger partial charge in [0, 0.05) is 22.3 Å². The molecule has 0 aliphatic carbocycles. The van der Waals surface area contributed by atoms with E-state index in [0.717, 1.165) is 23.1 Å². The van der Waals surface area contributed by atoms with E-state index in [1.165, 1.54) is 5.56 Å². The summed E-state index contributed by atoms with van der Waals surface area (Å²) in [6.07, 6.45) is 2.95. The van der Waals surface area contributed by atoms with Gasteiger partial charge in [-0.3, -0.25) is 4.98 Å². The molecule has 2 rings (SSSR count). The molecule has 21 heavy (non-hydrogen) atoms. The van der Waals surface area contributed by atoms with Gasteiger partial charge in [-0.25, -0.2) is 0 Å². The lowest BCUT2D eigenvalue weighted by Gasteiger charge is -2.19. The maximum Gasteiger partial charge on any atom is 0.0478 e. The first kappa shape index (κ1) is 18.6. The first-order chi connectivity index (χ1) is 10.2. The van der Waals surface area contributed by atoms with Crippen molar-refractivity contribution in [2.75, 3.05) is 25.6 Å². The highest BCUT2D eigenvalue weighted by atomic mass is 127. The molecule has 1 aromatic heterocycles. The average molecular weight is 461 g/mol. The normalized spacial score (nSPS) is 11.7. The Morgan fingerprint density at radius 1 is 1.10 bits per heavy atom. The fourth-order valence-electron chi connectivity index (χ4n) is 2.15. The number of benzene rings is 1. The molecule has 114 valence electrons. The second-order valence-corrected chi connectivity index (χ2v) is 5.87. The third-order valence-corrected chi connectivity index (χ3v) is 3.71. The molecular formula is C17H22BrIN2. The summed E-state index contributed by atoms with van der Waals surface area (Å²) in [4.78, 5) is 8.71. The van der Waals surface area contributed by atoms with Gasteiger partial charge in [0.25, 0.3) is 0 Å². The van der Waals surface area contributed by atoms with Crippen molar-refractivity contribution in [3.8, 4) is 0 Å². The van der Waals surface area contributed by atoms with Crippen molar-refractivity contribution in [2.45, 2.75) is 12.3 Å². The van der Waals surface area contributed by atoms with Crippen LogP contribution in [0, 0.1) is 0 Å². The zero-order valence-electron chi connectivity index (χ0n) is 12.8. The van der Waals surface area contributed by atoms with Gasteiger partial charge in [-0.2, -0.15) is 0 Å². The lowest BCUT2D eigenvalue weighted by atomic mass is 9.92. The first-order valence-corrected chi connectivity index (χ1v) is 9.81. The molecular weight excluding hydrogens is 439 g/mol. The molecule has 0 saturated carbocycles. The van der Waals surface area contributed by atoms with Gasteiger partial charge >= 0.3 is 0 Å². The van der Waals surface area contributed by atoms with Crippen LogP contribution in [0.15, 0.2) is 53.1 Å². The molecule has 4 heteroatoms. The zero-order valence-corrected chi connectivity index (χ0v) is 16.5. The topological polar surface area (TPSA) is 16.1 Å². The van der Waals surface area contributed by atoms with E-state index in [0.29, 0.717) is 5.92 Å². The molecule has 1 unspecified atom stereocenters. The van der Waals surface area contributed by atoms with Crippen LogP contribution in [0.25, 0.3) is 0 Å². The Labute approximate surface area is 150 Å². The molecule has 0 radical (unpaired) electrons. The maximum absolute atomic E-state index is 4.53. The fraction of sp³-hybridized carbons (Fsp3) is 0.353. The predicted molar refractivity (Wildman–Crippen MR) is 103 cm³/mol. The van der Waals surface area contributed by atoms with Crippen molar-refractivity contribution in [3.63, 3.8) is 0 Å². The Hall–Kier alpha value is -0.460. The summed E-state index contributed by atoms with van der Waals surface area (Å²) in [7, 11) is 4.22. The lowest BCUT2D eigenvalue weighted by Crippen LogP contribution is -2.17. The molecule has 0 N–H and O–H groups in total. The van der Waals surface area contributed by atoms with Crippen LogP contribution in [-0.4, -0.2) is 35.5 Å². The number of hydrogen-bond acceptors (Lipinski definition) is 2. The number of nitrogens with zero attached hydrogens (tertiary/aromatic N) is 2. The van der Waals surface area contributed by atoms with Crippen molar-refractivity contribution in [2.24, 2.45) is 0 Å². The average Bonchev–Trinajstić information content (AvgIpc) is 2.52. The van der Waals surface area contributed by atoms with Crippen molar-refractivity contribution in [1.82, 2.24) is 9.88 Å². The van der Waals surface area contributed by atoms with Gasteiger partial charge < -0.3 is 4.90 Å². The summed E-state index contributed by atoms with van der Waals surface area (Å²) in [5.74, 6) is 0.358. The van der Waals surface area contributed by atoms with E-state index in [1.807, 2.05) is 17.2 Å². The van der Waals surface area contributed by atoms with Crippen LogP contribution < -0.4 is 0 Å². The van der Waals surface area contributed by atoms with Crippen LogP contribution in [0.4, 0.5) is 0 Å². The number of alkyl halides is 1. The van der Waals surface area contributed by atoms with E-state index in [-0.39, 0.29) is 0 Å². The van der Waals surface area contributed by atoms with Crippen LogP contribution in [0.1, 0.15) is 23.6 Å². The van der Waals surface area contributed by atoms with E-state index < -0.39 is 0 Å². The number of pyridine rings is 1. The van der Waals surface area contributed by atoms with Gasteiger partial charge in [0.05, 0.1) is 0 Å². The lowest BCUT2D eigenvalue weighted by molar-refractivity contribution is 0.389. The third kappa shape index (κ3) is 6.45. The molecule has 0 fully saturated rings.